The van der Waals surface area contributed by atoms with Gasteiger partial charge < -0.3 is 0 Å². The fraction of sp³-hybridized carbons (Fsp3) is 0.200. The molecule has 0 heteroatoms. The van der Waals surface area contributed by atoms with Crippen molar-refractivity contribution in [1.29, 1.82) is 0 Å². The zero-order valence-electron chi connectivity index (χ0n) is 9.53. The normalized spacial score (nSPS) is 11.3. The Balaban J connectivity index is 2.74. The van der Waals surface area contributed by atoms with Gasteiger partial charge in [0, 0.05) is 0 Å². The molecule has 1 aromatic rings. The Labute approximate surface area is 92.6 Å². The molecule has 0 radical (unpaired) electrons. The lowest BCUT2D eigenvalue weighted by Gasteiger charge is -2.01. The third kappa shape index (κ3) is 3.59. The summed E-state index contributed by atoms with van der Waals surface area (Å²) in [6, 6.07) is 8.57. The Morgan fingerprint density at radius 3 is 2.40 bits per heavy atom. The summed E-state index contributed by atoms with van der Waals surface area (Å²) in [5.41, 5.74) is 3.60. The number of rotatable bonds is 4. The topological polar surface area (TPSA) is 0 Å². The smallest absolute Gasteiger partial charge is 0.0190 e. The van der Waals surface area contributed by atoms with Gasteiger partial charge in [-0.25, -0.2) is 0 Å². The standard InChI is InChI=1S/C15H18/c1-4-6-7-8-13(3)15-11-9-14(5-2)10-12-15/h4,6-12H,3,5H2,1-2H3/b6-4-,8-7-. The molecule has 78 valence electrons. The summed E-state index contributed by atoms with van der Waals surface area (Å²) in [5.74, 6) is 0. The van der Waals surface area contributed by atoms with Gasteiger partial charge in [0.2, 0.25) is 0 Å². The summed E-state index contributed by atoms with van der Waals surface area (Å²) in [6.07, 6.45) is 9.13. The highest BCUT2D eigenvalue weighted by Crippen LogP contribution is 2.14. The molecule has 0 aliphatic carbocycles. The van der Waals surface area contributed by atoms with Crippen LogP contribution < -0.4 is 0 Å². The van der Waals surface area contributed by atoms with Crippen LogP contribution in [0, 0.1) is 0 Å². The van der Waals surface area contributed by atoms with Gasteiger partial charge in [-0.3, -0.25) is 0 Å². The van der Waals surface area contributed by atoms with Gasteiger partial charge in [-0.15, -0.1) is 0 Å². The second-order valence-corrected chi connectivity index (χ2v) is 3.46. The van der Waals surface area contributed by atoms with Gasteiger partial charge >= 0.3 is 0 Å². The van der Waals surface area contributed by atoms with E-state index in [1.165, 1.54) is 11.1 Å². The van der Waals surface area contributed by atoms with Crippen LogP contribution in [-0.2, 0) is 6.42 Å². The summed E-state index contributed by atoms with van der Waals surface area (Å²) in [5, 5.41) is 0. The van der Waals surface area contributed by atoms with E-state index in [0.29, 0.717) is 0 Å². The minimum Gasteiger partial charge on any atom is -0.0912 e. The number of aryl methyl sites for hydroxylation is 1. The van der Waals surface area contributed by atoms with Crippen molar-refractivity contribution in [3.63, 3.8) is 0 Å². The van der Waals surface area contributed by atoms with E-state index in [4.69, 9.17) is 0 Å². The molecule has 0 N–H and O–H groups in total. The molecule has 0 spiro atoms. The van der Waals surface area contributed by atoms with E-state index < -0.39 is 0 Å². The molecule has 0 aromatic heterocycles. The minimum atomic E-state index is 1.05. The summed E-state index contributed by atoms with van der Waals surface area (Å²) in [7, 11) is 0. The third-order valence-corrected chi connectivity index (χ3v) is 2.33. The molecule has 1 rings (SSSR count). The summed E-state index contributed by atoms with van der Waals surface area (Å²) in [4.78, 5) is 0. The molecule has 0 aliphatic rings. The Kier molecular flexibility index (Phi) is 4.62. The van der Waals surface area contributed by atoms with Crippen LogP contribution in [0.15, 0.2) is 55.1 Å². The lowest BCUT2D eigenvalue weighted by atomic mass is 10.0. The molecule has 0 unspecified atom stereocenters. The number of hydrogen-bond acceptors (Lipinski definition) is 0. The lowest BCUT2D eigenvalue weighted by molar-refractivity contribution is 1.14. The number of hydrogen-bond donors (Lipinski definition) is 0. The van der Waals surface area contributed by atoms with Crippen LogP contribution in [-0.4, -0.2) is 0 Å². The molecule has 0 saturated heterocycles. The second kappa shape index (κ2) is 6.02. The van der Waals surface area contributed by atoms with E-state index >= 15 is 0 Å². The summed E-state index contributed by atoms with van der Waals surface area (Å²) >= 11 is 0. The Hall–Kier alpha value is -1.56. The zero-order valence-corrected chi connectivity index (χ0v) is 9.53. The Morgan fingerprint density at radius 1 is 1.20 bits per heavy atom. The summed E-state index contributed by atoms with van der Waals surface area (Å²) in [6.45, 7) is 8.20. The van der Waals surface area contributed by atoms with Crippen molar-refractivity contribution in [3.8, 4) is 0 Å². The average molecular weight is 198 g/mol. The summed E-state index contributed by atoms with van der Waals surface area (Å²) < 4.78 is 0. The average Bonchev–Trinajstić information content (AvgIpc) is 2.29. The molecule has 15 heavy (non-hydrogen) atoms. The van der Waals surface area contributed by atoms with Crippen molar-refractivity contribution in [1.82, 2.24) is 0 Å². The van der Waals surface area contributed by atoms with E-state index in [9.17, 15) is 0 Å². The Bertz CT molecular complexity index is 364. The van der Waals surface area contributed by atoms with Crippen LogP contribution in [0.3, 0.4) is 0 Å². The van der Waals surface area contributed by atoms with Gasteiger partial charge in [0.05, 0.1) is 0 Å². The highest BCUT2D eigenvalue weighted by molar-refractivity contribution is 5.72. The maximum atomic E-state index is 4.03. The molecular formula is C15H18. The zero-order chi connectivity index (χ0) is 11.1. The Morgan fingerprint density at radius 2 is 1.87 bits per heavy atom. The van der Waals surface area contributed by atoms with Gasteiger partial charge in [0.25, 0.3) is 0 Å². The number of allylic oxidation sites excluding steroid dienone is 5. The van der Waals surface area contributed by atoms with E-state index in [1.807, 2.05) is 31.2 Å². The molecule has 0 aliphatic heterocycles. The van der Waals surface area contributed by atoms with Crippen LogP contribution in [0.25, 0.3) is 5.57 Å². The molecule has 0 atom stereocenters. The highest BCUT2D eigenvalue weighted by atomic mass is 14.0. The van der Waals surface area contributed by atoms with E-state index in [1.54, 1.807) is 0 Å². The number of benzene rings is 1. The molecule has 0 fully saturated rings. The van der Waals surface area contributed by atoms with E-state index in [2.05, 4.69) is 37.8 Å². The SMILES string of the molecule is C=C(/C=C\C=C/C)c1ccc(CC)cc1. The minimum absolute atomic E-state index is 1.05. The monoisotopic (exact) mass is 198 g/mol. The molecule has 1 aromatic carbocycles. The van der Waals surface area contributed by atoms with Crippen LogP contribution in [0.5, 0.6) is 0 Å². The van der Waals surface area contributed by atoms with Crippen molar-refractivity contribution < 1.29 is 0 Å². The van der Waals surface area contributed by atoms with Crippen LogP contribution in [0.1, 0.15) is 25.0 Å². The van der Waals surface area contributed by atoms with Gasteiger partial charge in [-0.05, 0) is 30.0 Å². The van der Waals surface area contributed by atoms with Gasteiger partial charge in [0.1, 0.15) is 0 Å². The fourth-order valence-corrected chi connectivity index (χ4v) is 1.33. The molecular weight excluding hydrogens is 180 g/mol. The molecule has 0 saturated carbocycles. The third-order valence-electron chi connectivity index (χ3n) is 2.33. The first-order chi connectivity index (χ1) is 7.27. The first-order valence-electron chi connectivity index (χ1n) is 5.35. The molecule has 0 nitrogen and oxygen atoms in total. The van der Waals surface area contributed by atoms with E-state index in [0.717, 1.165) is 12.0 Å². The molecule has 0 amide bonds. The van der Waals surface area contributed by atoms with Crippen LogP contribution in [0.4, 0.5) is 0 Å². The van der Waals surface area contributed by atoms with Crippen molar-refractivity contribution in [2.24, 2.45) is 0 Å². The van der Waals surface area contributed by atoms with Gasteiger partial charge in [0.15, 0.2) is 0 Å². The predicted molar refractivity (Wildman–Crippen MR) is 68.8 cm³/mol. The van der Waals surface area contributed by atoms with Gasteiger partial charge in [-0.2, -0.15) is 0 Å². The van der Waals surface area contributed by atoms with Crippen molar-refractivity contribution >= 4 is 5.57 Å². The molecule has 0 heterocycles. The van der Waals surface area contributed by atoms with Crippen LogP contribution in [0.2, 0.25) is 0 Å². The van der Waals surface area contributed by atoms with Gasteiger partial charge in [-0.1, -0.05) is 62.1 Å². The quantitative estimate of drug-likeness (QED) is 0.629. The highest BCUT2D eigenvalue weighted by Gasteiger charge is 1.94. The van der Waals surface area contributed by atoms with Crippen molar-refractivity contribution in [3.05, 3.63) is 66.3 Å². The largest absolute Gasteiger partial charge is 0.0912 e. The fourth-order valence-electron chi connectivity index (χ4n) is 1.33. The first-order valence-corrected chi connectivity index (χ1v) is 5.35. The van der Waals surface area contributed by atoms with E-state index in [-0.39, 0.29) is 0 Å². The maximum absolute atomic E-state index is 4.03. The molecule has 0 bridgehead atoms. The lowest BCUT2D eigenvalue weighted by Crippen LogP contribution is -1.82. The second-order valence-electron chi connectivity index (χ2n) is 3.46. The van der Waals surface area contributed by atoms with Crippen molar-refractivity contribution in [2.45, 2.75) is 20.3 Å². The van der Waals surface area contributed by atoms with Crippen LogP contribution >= 0.6 is 0 Å². The predicted octanol–water partition coefficient (Wildman–Crippen LogP) is 4.39. The van der Waals surface area contributed by atoms with Crippen molar-refractivity contribution in [2.75, 3.05) is 0 Å². The first kappa shape index (κ1) is 11.5. The maximum Gasteiger partial charge on any atom is -0.0190 e.